The zero-order chi connectivity index (χ0) is 24.0. The van der Waals surface area contributed by atoms with Crippen LogP contribution in [0.5, 0.6) is 0 Å². The fourth-order valence-corrected chi connectivity index (χ4v) is 3.71. The van der Waals surface area contributed by atoms with E-state index in [2.05, 4.69) is 4.98 Å². The van der Waals surface area contributed by atoms with E-state index in [0.717, 1.165) is 24.3 Å². The Labute approximate surface area is 183 Å². The second kappa shape index (κ2) is 7.91. The maximum absolute atomic E-state index is 13.8. The number of hydrogen-bond acceptors (Lipinski definition) is 2. The average molecular weight is 460 g/mol. The van der Waals surface area contributed by atoms with Gasteiger partial charge in [-0.05, 0) is 23.8 Å². The number of rotatable bonds is 3. The zero-order valence-electron chi connectivity index (χ0n) is 16.6. The van der Waals surface area contributed by atoms with Crippen LogP contribution in [0.15, 0.2) is 72.8 Å². The van der Waals surface area contributed by atoms with Crippen molar-refractivity contribution in [2.75, 3.05) is 0 Å². The number of alkyl halides is 6. The summed E-state index contributed by atoms with van der Waals surface area (Å²) < 4.78 is 81.3. The summed E-state index contributed by atoms with van der Waals surface area (Å²) >= 11 is 0. The minimum Gasteiger partial charge on any atom is -0.366 e. The number of amides is 1. The van der Waals surface area contributed by atoms with Crippen LogP contribution >= 0.6 is 0 Å². The summed E-state index contributed by atoms with van der Waals surface area (Å²) in [6.07, 6.45) is -9.50. The smallest absolute Gasteiger partial charge is 0.366 e. The van der Waals surface area contributed by atoms with Crippen molar-refractivity contribution in [2.24, 2.45) is 5.73 Å². The van der Waals surface area contributed by atoms with Crippen LogP contribution in [0.4, 0.5) is 26.3 Å². The van der Waals surface area contributed by atoms with Crippen molar-refractivity contribution in [1.29, 1.82) is 0 Å². The Kier molecular flexibility index (Phi) is 5.35. The molecule has 3 aromatic carbocycles. The molecule has 9 heteroatoms. The molecule has 0 aliphatic carbocycles. The quantitative estimate of drug-likeness (QED) is 0.346. The Morgan fingerprint density at radius 2 is 1.39 bits per heavy atom. The van der Waals surface area contributed by atoms with Gasteiger partial charge in [0.15, 0.2) is 0 Å². The van der Waals surface area contributed by atoms with Gasteiger partial charge in [-0.25, -0.2) is 4.98 Å². The number of hydrogen-bond donors (Lipinski definition) is 1. The third kappa shape index (κ3) is 4.13. The van der Waals surface area contributed by atoms with Crippen molar-refractivity contribution < 1.29 is 31.1 Å². The molecule has 33 heavy (non-hydrogen) atoms. The molecule has 1 heterocycles. The first-order valence-electron chi connectivity index (χ1n) is 9.55. The summed E-state index contributed by atoms with van der Waals surface area (Å²) in [5.74, 6) is -1.03. The van der Waals surface area contributed by atoms with Crippen molar-refractivity contribution >= 4 is 16.8 Å². The fraction of sp³-hybridized carbons (Fsp3) is 0.0833. The Hall–Kier alpha value is -3.88. The third-order valence-electron chi connectivity index (χ3n) is 5.09. The van der Waals surface area contributed by atoms with Crippen LogP contribution in [0.2, 0.25) is 0 Å². The first kappa shape index (κ1) is 22.3. The minimum atomic E-state index is -4.79. The number of nitrogens with two attached hydrogens (primary N) is 1. The van der Waals surface area contributed by atoms with E-state index in [9.17, 15) is 31.1 Å². The molecule has 0 aliphatic rings. The predicted octanol–water partition coefficient (Wildman–Crippen LogP) is 6.71. The molecule has 0 radical (unpaired) electrons. The number of para-hydroxylation sites is 1. The van der Waals surface area contributed by atoms with E-state index in [-0.39, 0.29) is 27.8 Å². The average Bonchev–Trinajstić information content (AvgIpc) is 2.76. The molecule has 4 aromatic rings. The van der Waals surface area contributed by atoms with Crippen LogP contribution in [0.1, 0.15) is 21.5 Å². The van der Waals surface area contributed by atoms with E-state index in [1.165, 1.54) is 18.2 Å². The maximum atomic E-state index is 13.8. The number of nitrogens with zero attached hydrogens (tertiary/aromatic N) is 1. The van der Waals surface area contributed by atoms with E-state index in [4.69, 9.17) is 5.73 Å². The zero-order valence-corrected chi connectivity index (χ0v) is 16.6. The van der Waals surface area contributed by atoms with Crippen molar-refractivity contribution in [1.82, 2.24) is 4.98 Å². The maximum Gasteiger partial charge on any atom is 0.418 e. The summed E-state index contributed by atoms with van der Waals surface area (Å²) in [6, 6.07) is 15.3. The third-order valence-corrected chi connectivity index (χ3v) is 5.09. The highest BCUT2D eigenvalue weighted by molar-refractivity contribution is 6.13. The molecule has 168 valence electrons. The molecule has 1 amide bonds. The van der Waals surface area contributed by atoms with E-state index in [1.54, 1.807) is 30.3 Å². The lowest BCUT2D eigenvalue weighted by atomic mass is 9.90. The molecule has 0 fully saturated rings. The molecule has 0 atom stereocenters. The van der Waals surface area contributed by atoms with Crippen LogP contribution in [0.3, 0.4) is 0 Å². The Morgan fingerprint density at radius 1 is 0.758 bits per heavy atom. The highest BCUT2D eigenvalue weighted by Gasteiger charge is 2.35. The van der Waals surface area contributed by atoms with E-state index < -0.39 is 34.9 Å². The first-order chi connectivity index (χ1) is 15.5. The number of benzene rings is 3. The lowest BCUT2D eigenvalue weighted by Gasteiger charge is -2.19. The summed E-state index contributed by atoms with van der Waals surface area (Å²) in [7, 11) is 0. The molecule has 2 N–H and O–H groups in total. The first-order valence-corrected chi connectivity index (χ1v) is 9.55. The molecular weight excluding hydrogens is 446 g/mol. The normalized spacial score (nSPS) is 12.2. The molecule has 4 rings (SSSR count). The number of aromatic nitrogens is 1. The minimum absolute atomic E-state index is 0.000510. The van der Waals surface area contributed by atoms with Crippen LogP contribution in [-0.2, 0) is 12.4 Å². The number of pyridine rings is 1. The van der Waals surface area contributed by atoms with Gasteiger partial charge >= 0.3 is 12.4 Å². The van der Waals surface area contributed by atoms with Gasteiger partial charge in [0.2, 0.25) is 0 Å². The highest BCUT2D eigenvalue weighted by atomic mass is 19.4. The SMILES string of the molecule is NC(=O)c1c(-c2cccc(C(F)(F)F)c2)nc2c(C(F)(F)F)cccc2c1-c1ccccc1. The highest BCUT2D eigenvalue weighted by Crippen LogP contribution is 2.42. The van der Waals surface area contributed by atoms with Gasteiger partial charge in [0.25, 0.3) is 5.91 Å². The number of primary amides is 1. The second-order valence-electron chi connectivity index (χ2n) is 7.22. The van der Waals surface area contributed by atoms with Crippen LogP contribution < -0.4 is 5.73 Å². The molecule has 0 unspecified atom stereocenters. The van der Waals surface area contributed by atoms with Crippen molar-refractivity contribution in [3.8, 4) is 22.4 Å². The summed E-state index contributed by atoms with van der Waals surface area (Å²) in [4.78, 5) is 16.6. The number of carbonyl (C=O) groups excluding carboxylic acids is 1. The topological polar surface area (TPSA) is 56.0 Å². The standard InChI is InChI=1S/C24H14F6N2O/c25-23(26,27)15-9-4-8-14(12-15)20-19(22(31)33)18(13-6-2-1-3-7-13)16-10-5-11-17(21(16)32-20)24(28,29)30/h1-12H,(H2,31,33). The molecule has 0 aliphatic heterocycles. The summed E-state index contributed by atoms with van der Waals surface area (Å²) in [6.45, 7) is 0. The lowest BCUT2D eigenvalue weighted by Crippen LogP contribution is -2.17. The van der Waals surface area contributed by atoms with Gasteiger partial charge in [-0.3, -0.25) is 4.79 Å². The van der Waals surface area contributed by atoms with Crippen LogP contribution in [0.25, 0.3) is 33.3 Å². The molecule has 0 spiro atoms. The lowest BCUT2D eigenvalue weighted by molar-refractivity contribution is -0.138. The van der Waals surface area contributed by atoms with Crippen LogP contribution in [0, 0.1) is 0 Å². The second-order valence-corrected chi connectivity index (χ2v) is 7.22. The summed E-state index contributed by atoms with van der Waals surface area (Å²) in [5, 5.41) is 0.000510. The van der Waals surface area contributed by atoms with Gasteiger partial charge < -0.3 is 5.73 Å². The number of fused-ring (bicyclic) bond motifs is 1. The van der Waals surface area contributed by atoms with E-state index in [1.807, 2.05) is 0 Å². The number of halogens is 6. The van der Waals surface area contributed by atoms with Gasteiger partial charge in [0, 0.05) is 16.5 Å². The predicted molar refractivity (Wildman–Crippen MR) is 111 cm³/mol. The molecule has 0 saturated carbocycles. The molecule has 0 bridgehead atoms. The van der Waals surface area contributed by atoms with Gasteiger partial charge in [0.05, 0.1) is 27.9 Å². The van der Waals surface area contributed by atoms with Crippen molar-refractivity contribution in [3.63, 3.8) is 0 Å². The molecule has 0 saturated heterocycles. The van der Waals surface area contributed by atoms with Crippen LogP contribution in [-0.4, -0.2) is 10.9 Å². The van der Waals surface area contributed by atoms with Crippen molar-refractivity contribution in [3.05, 3.63) is 89.5 Å². The Bertz CT molecular complexity index is 1360. The van der Waals surface area contributed by atoms with Gasteiger partial charge in [-0.2, -0.15) is 26.3 Å². The Balaban J connectivity index is 2.20. The Morgan fingerprint density at radius 3 is 2.00 bits per heavy atom. The van der Waals surface area contributed by atoms with Gasteiger partial charge in [-0.1, -0.05) is 54.6 Å². The van der Waals surface area contributed by atoms with Gasteiger partial charge in [-0.15, -0.1) is 0 Å². The number of carbonyl (C=O) groups is 1. The largest absolute Gasteiger partial charge is 0.418 e. The van der Waals surface area contributed by atoms with Crippen molar-refractivity contribution in [2.45, 2.75) is 12.4 Å². The fourth-order valence-electron chi connectivity index (χ4n) is 3.71. The molecule has 1 aromatic heterocycles. The van der Waals surface area contributed by atoms with E-state index >= 15 is 0 Å². The summed E-state index contributed by atoms with van der Waals surface area (Å²) in [5.41, 5.74) is 2.59. The van der Waals surface area contributed by atoms with E-state index in [0.29, 0.717) is 5.56 Å². The molecular formula is C24H14F6N2O. The van der Waals surface area contributed by atoms with Gasteiger partial charge in [0.1, 0.15) is 0 Å². The monoisotopic (exact) mass is 460 g/mol. The molecule has 3 nitrogen and oxygen atoms in total.